The lowest BCUT2D eigenvalue weighted by molar-refractivity contribution is -0.111. The maximum atomic E-state index is 12.6. The number of methoxy groups -OCH3 is 1. The van der Waals surface area contributed by atoms with E-state index in [-0.39, 0.29) is 6.61 Å². The molecule has 1 N–H and O–H groups in total. The molecule has 0 fully saturated rings. The number of anilines is 1. The maximum Gasteiger partial charge on any atom is 0.341 e. The summed E-state index contributed by atoms with van der Waals surface area (Å²) in [5.74, 6) is -0.235. The van der Waals surface area contributed by atoms with Crippen molar-refractivity contribution in [1.29, 1.82) is 0 Å². The summed E-state index contributed by atoms with van der Waals surface area (Å²) in [6.45, 7) is 1.95. The average Bonchev–Trinajstić information content (AvgIpc) is 3.17. The second-order valence-corrected chi connectivity index (χ2v) is 7.95. The number of halogens is 2. The molecule has 0 bridgehead atoms. The van der Waals surface area contributed by atoms with Crippen LogP contribution in [0.5, 0.6) is 5.75 Å². The van der Waals surface area contributed by atoms with Crippen molar-refractivity contribution in [3.05, 3.63) is 75.1 Å². The minimum atomic E-state index is -0.511. The molecule has 1 aromatic heterocycles. The molecule has 0 saturated heterocycles. The van der Waals surface area contributed by atoms with E-state index in [2.05, 4.69) is 5.32 Å². The standard InChI is InChI=1S/C23H19Cl2NO4S/c1-3-30-23(28)21-17(14-7-9-15(29-2)10-8-14)13-31-22(21)26-20(27)12-11-16-18(24)5-4-6-19(16)25/h4-13H,3H2,1-2H3,(H,26,27)/b12-11+. The number of thiophene rings is 1. The van der Waals surface area contributed by atoms with Crippen LogP contribution in [0.15, 0.2) is 53.9 Å². The zero-order valence-electron chi connectivity index (χ0n) is 16.8. The van der Waals surface area contributed by atoms with Crippen LogP contribution in [0.25, 0.3) is 17.2 Å². The molecule has 31 heavy (non-hydrogen) atoms. The fraction of sp³-hybridized carbons (Fsp3) is 0.130. The Balaban J connectivity index is 1.89. The lowest BCUT2D eigenvalue weighted by Gasteiger charge is -2.08. The predicted octanol–water partition coefficient (Wildman–Crippen LogP) is 6.56. The van der Waals surface area contributed by atoms with Gasteiger partial charge in [0.1, 0.15) is 16.3 Å². The molecule has 0 aliphatic rings. The smallest absolute Gasteiger partial charge is 0.341 e. The van der Waals surface area contributed by atoms with Gasteiger partial charge in [-0.3, -0.25) is 4.79 Å². The van der Waals surface area contributed by atoms with Gasteiger partial charge in [-0.05, 0) is 42.8 Å². The average molecular weight is 476 g/mol. The SMILES string of the molecule is CCOC(=O)c1c(-c2ccc(OC)cc2)csc1NC(=O)/C=C/c1c(Cl)cccc1Cl. The first-order valence-electron chi connectivity index (χ1n) is 9.30. The highest BCUT2D eigenvalue weighted by atomic mass is 35.5. The van der Waals surface area contributed by atoms with Gasteiger partial charge in [0, 0.05) is 32.6 Å². The molecule has 2 aromatic carbocycles. The van der Waals surface area contributed by atoms with Gasteiger partial charge in [-0.15, -0.1) is 11.3 Å². The van der Waals surface area contributed by atoms with Crippen LogP contribution < -0.4 is 10.1 Å². The molecule has 8 heteroatoms. The Hall–Kier alpha value is -2.80. The Morgan fingerprint density at radius 2 is 1.77 bits per heavy atom. The van der Waals surface area contributed by atoms with Crippen molar-refractivity contribution < 1.29 is 19.1 Å². The number of hydrogen-bond donors (Lipinski definition) is 1. The molecule has 3 rings (SSSR count). The summed E-state index contributed by atoms with van der Waals surface area (Å²) in [7, 11) is 1.58. The Kier molecular flexibility index (Phi) is 7.74. The molecule has 0 aliphatic carbocycles. The highest BCUT2D eigenvalue weighted by Crippen LogP contribution is 2.37. The minimum Gasteiger partial charge on any atom is -0.497 e. The zero-order valence-corrected chi connectivity index (χ0v) is 19.1. The van der Waals surface area contributed by atoms with Crippen molar-refractivity contribution in [2.24, 2.45) is 0 Å². The minimum absolute atomic E-state index is 0.217. The number of benzene rings is 2. The topological polar surface area (TPSA) is 64.6 Å². The van der Waals surface area contributed by atoms with Crippen LogP contribution in [0.3, 0.4) is 0 Å². The predicted molar refractivity (Wildman–Crippen MR) is 126 cm³/mol. The molecular weight excluding hydrogens is 457 g/mol. The number of esters is 1. The van der Waals surface area contributed by atoms with Crippen LogP contribution in [0.1, 0.15) is 22.8 Å². The van der Waals surface area contributed by atoms with E-state index >= 15 is 0 Å². The van der Waals surface area contributed by atoms with E-state index in [4.69, 9.17) is 32.7 Å². The molecule has 0 spiro atoms. The van der Waals surface area contributed by atoms with Gasteiger partial charge in [-0.2, -0.15) is 0 Å². The molecule has 5 nitrogen and oxygen atoms in total. The molecule has 0 radical (unpaired) electrons. The molecule has 0 aliphatic heterocycles. The van der Waals surface area contributed by atoms with Crippen LogP contribution >= 0.6 is 34.5 Å². The quantitative estimate of drug-likeness (QED) is 0.310. The highest BCUT2D eigenvalue weighted by Gasteiger charge is 2.22. The van der Waals surface area contributed by atoms with Gasteiger partial charge in [0.25, 0.3) is 0 Å². The van der Waals surface area contributed by atoms with Crippen molar-refractivity contribution in [3.63, 3.8) is 0 Å². The number of rotatable bonds is 7. The van der Waals surface area contributed by atoms with Crippen molar-refractivity contribution >= 4 is 57.5 Å². The van der Waals surface area contributed by atoms with E-state index in [1.807, 2.05) is 12.1 Å². The van der Waals surface area contributed by atoms with Crippen LogP contribution in [0.2, 0.25) is 10.0 Å². The van der Waals surface area contributed by atoms with Gasteiger partial charge in [0.05, 0.1) is 13.7 Å². The largest absolute Gasteiger partial charge is 0.497 e. The van der Waals surface area contributed by atoms with E-state index in [9.17, 15) is 9.59 Å². The first-order chi connectivity index (χ1) is 14.9. The third-order valence-electron chi connectivity index (χ3n) is 4.31. The lowest BCUT2D eigenvalue weighted by Crippen LogP contribution is -2.12. The Morgan fingerprint density at radius 3 is 2.39 bits per heavy atom. The van der Waals surface area contributed by atoms with E-state index in [1.165, 1.54) is 23.5 Å². The normalized spacial score (nSPS) is 10.8. The van der Waals surface area contributed by atoms with Crippen LogP contribution in [0.4, 0.5) is 5.00 Å². The molecule has 160 valence electrons. The lowest BCUT2D eigenvalue weighted by atomic mass is 10.0. The summed E-state index contributed by atoms with van der Waals surface area (Å²) in [6.07, 6.45) is 2.84. The number of nitrogens with one attached hydrogen (secondary N) is 1. The van der Waals surface area contributed by atoms with Crippen molar-refractivity contribution in [2.45, 2.75) is 6.92 Å². The van der Waals surface area contributed by atoms with Crippen LogP contribution in [-0.2, 0) is 9.53 Å². The summed E-state index contributed by atoms with van der Waals surface area (Å²) in [6, 6.07) is 12.4. The Labute approximate surface area is 194 Å². The fourth-order valence-corrected chi connectivity index (χ4v) is 4.31. The van der Waals surface area contributed by atoms with Gasteiger partial charge in [0.2, 0.25) is 5.91 Å². The Morgan fingerprint density at radius 1 is 1.10 bits per heavy atom. The third-order valence-corrected chi connectivity index (χ3v) is 5.86. The van der Waals surface area contributed by atoms with Gasteiger partial charge in [-0.25, -0.2) is 4.79 Å². The second kappa shape index (κ2) is 10.5. The third kappa shape index (κ3) is 5.47. The molecule has 1 amide bonds. The molecule has 0 saturated carbocycles. The summed E-state index contributed by atoms with van der Waals surface area (Å²) in [5.41, 5.74) is 2.31. The number of hydrogen-bond acceptors (Lipinski definition) is 5. The second-order valence-electron chi connectivity index (χ2n) is 6.26. The number of carbonyl (C=O) groups excluding carboxylic acids is 2. The van der Waals surface area contributed by atoms with Crippen molar-refractivity contribution in [3.8, 4) is 16.9 Å². The molecule has 3 aromatic rings. The summed E-state index contributed by atoms with van der Waals surface area (Å²) in [4.78, 5) is 25.2. The summed E-state index contributed by atoms with van der Waals surface area (Å²) < 4.78 is 10.4. The summed E-state index contributed by atoms with van der Waals surface area (Å²) in [5, 5.41) is 5.81. The van der Waals surface area contributed by atoms with E-state index < -0.39 is 11.9 Å². The van der Waals surface area contributed by atoms with Crippen molar-refractivity contribution in [2.75, 3.05) is 19.0 Å². The first kappa shape index (κ1) is 22.9. The van der Waals surface area contributed by atoms with Crippen LogP contribution in [-0.4, -0.2) is 25.6 Å². The molecular formula is C23H19Cl2NO4S. The van der Waals surface area contributed by atoms with Gasteiger partial charge >= 0.3 is 5.97 Å². The number of amides is 1. The Bertz CT molecular complexity index is 1100. The molecule has 0 unspecified atom stereocenters. The van der Waals surface area contributed by atoms with E-state index in [0.29, 0.717) is 37.5 Å². The first-order valence-corrected chi connectivity index (χ1v) is 10.9. The fourth-order valence-electron chi connectivity index (χ4n) is 2.82. The number of carbonyl (C=O) groups is 2. The zero-order chi connectivity index (χ0) is 22.4. The van der Waals surface area contributed by atoms with E-state index in [0.717, 1.165) is 5.56 Å². The monoisotopic (exact) mass is 475 g/mol. The maximum absolute atomic E-state index is 12.6. The van der Waals surface area contributed by atoms with Gasteiger partial charge < -0.3 is 14.8 Å². The van der Waals surface area contributed by atoms with E-state index in [1.54, 1.807) is 49.7 Å². The number of ether oxygens (including phenoxy) is 2. The van der Waals surface area contributed by atoms with Gasteiger partial charge in [0.15, 0.2) is 0 Å². The van der Waals surface area contributed by atoms with Crippen LogP contribution in [0, 0.1) is 0 Å². The highest BCUT2D eigenvalue weighted by molar-refractivity contribution is 7.15. The van der Waals surface area contributed by atoms with Gasteiger partial charge in [-0.1, -0.05) is 41.4 Å². The molecule has 0 atom stereocenters. The molecule has 1 heterocycles. The summed E-state index contributed by atoms with van der Waals surface area (Å²) >= 11 is 13.5. The van der Waals surface area contributed by atoms with Crippen molar-refractivity contribution in [1.82, 2.24) is 0 Å².